The second kappa shape index (κ2) is 6.41. The first-order chi connectivity index (χ1) is 9.97. The number of rotatable bonds is 6. The van der Waals surface area contributed by atoms with Crippen molar-refractivity contribution in [3.8, 4) is 0 Å². The fraction of sp³-hybridized carbons (Fsp3) is 0.400. The van der Waals surface area contributed by atoms with Gasteiger partial charge in [-0.2, -0.15) is 0 Å². The molecule has 0 saturated carbocycles. The molecule has 5 nitrogen and oxygen atoms in total. The summed E-state index contributed by atoms with van der Waals surface area (Å²) in [6.07, 6.45) is 6.01. The molecule has 0 fully saturated rings. The minimum atomic E-state index is -3.16. The fourth-order valence-electron chi connectivity index (χ4n) is 2.36. The first-order valence-electron chi connectivity index (χ1n) is 6.95. The summed E-state index contributed by atoms with van der Waals surface area (Å²) in [5, 5.41) is 3.24. The van der Waals surface area contributed by atoms with Crippen molar-refractivity contribution in [3.05, 3.63) is 48.0 Å². The maximum Gasteiger partial charge on any atom is 0.175 e. The van der Waals surface area contributed by atoms with Crippen LogP contribution in [0.4, 0.5) is 0 Å². The Hall–Kier alpha value is -1.66. The van der Waals surface area contributed by atoms with Gasteiger partial charge in [0.1, 0.15) is 5.82 Å². The van der Waals surface area contributed by atoms with Crippen molar-refractivity contribution in [2.24, 2.45) is 0 Å². The molecule has 114 valence electrons. The van der Waals surface area contributed by atoms with E-state index >= 15 is 0 Å². The summed E-state index contributed by atoms with van der Waals surface area (Å²) in [5.41, 5.74) is 0.994. The summed E-state index contributed by atoms with van der Waals surface area (Å²) in [6.45, 7) is 3.04. The molecular weight excluding hydrogens is 286 g/mol. The van der Waals surface area contributed by atoms with Crippen LogP contribution in [0.15, 0.2) is 41.6 Å². The number of imidazole rings is 1. The van der Waals surface area contributed by atoms with E-state index in [2.05, 4.69) is 21.8 Å². The SMILES string of the molecule is CCCn1ccnc1C(NC)c1ccc(S(C)(=O)=O)cc1. The molecular formula is C15H21N3O2S. The topological polar surface area (TPSA) is 64.0 Å². The van der Waals surface area contributed by atoms with E-state index in [4.69, 9.17) is 0 Å². The third-order valence-electron chi connectivity index (χ3n) is 3.40. The van der Waals surface area contributed by atoms with Crippen molar-refractivity contribution in [1.29, 1.82) is 0 Å². The van der Waals surface area contributed by atoms with E-state index in [-0.39, 0.29) is 6.04 Å². The van der Waals surface area contributed by atoms with E-state index in [0.717, 1.165) is 24.4 Å². The van der Waals surface area contributed by atoms with E-state index in [1.54, 1.807) is 18.3 Å². The van der Waals surface area contributed by atoms with E-state index in [0.29, 0.717) is 4.90 Å². The summed E-state index contributed by atoms with van der Waals surface area (Å²) in [5.74, 6) is 0.937. The molecule has 0 aliphatic heterocycles. The maximum atomic E-state index is 11.5. The number of hydrogen-bond acceptors (Lipinski definition) is 4. The van der Waals surface area contributed by atoms with E-state index in [1.165, 1.54) is 6.26 Å². The van der Waals surface area contributed by atoms with Gasteiger partial charge in [0.15, 0.2) is 9.84 Å². The second-order valence-corrected chi connectivity index (χ2v) is 7.06. The largest absolute Gasteiger partial charge is 0.333 e. The minimum absolute atomic E-state index is 0.0554. The highest BCUT2D eigenvalue weighted by Crippen LogP contribution is 2.22. The standard InChI is InChI=1S/C15H21N3O2S/c1-4-10-18-11-9-17-15(18)14(16-2)12-5-7-13(8-6-12)21(3,19)20/h5-9,11,14,16H,4,10H2,1-3H3. The first kappa shape index (κ1) is 15.7. The fourth-order valence-corrected chi connectivity index (χ4v) is 2.99. The van der Waals surface area contributed by atoms with Crippen molar-refractivity contribution in [3.63, 3.8) is 0 Å². The van der Waals surface area contributed by atoms with Gasteiger partial charge in [0, 0.05) is 25.2 Å². The number of nitrogens with one attached hydrogen (secondary N) is 1. The average Bonchev–Trinajstić information content (AvgIpc) is 2.88. The smallest absolute Gasteiger partial charge is 0.175 e. The zero-order valence-corrected chi connectivity index (χ0v) is 13.4. The lowest BCUT2D eigenvalue weighted by atomic mass is 10.1. The molecule has 1 unspecified atom stereocenters. The summed E-state index contributed by atoms with van der Waals surface area (Å²) in [4.78, 5) is 4.77. The second-order valence-electron chi connectivity index (χ2n) is 5.04. The van der Waals surface area contributed by atoms with Gasteiger partial charge < -0.3 is 9.88 Å². The van der Waals surface area contributed by atoms with Gasteiger partial charge in [0.05, 0.1) is 10.9 Å². The molecule has 21 heavy (non-hydrogen) atoms. The van der Waals surface area contributed by atoms with Crippen molar-refractivity contribution >= 4 is 9.84 Å². The Balaban J connectivity index is 2.35. The van der Waals surface area contributed by atoms with Crippen LogP contribution in [0.2, 0.25) is 0 Å². The molecule has 0 bridgehead atoms. The van der Waals surface area contributed by atoms with Crippen molar-refractivity contribution in [2.75, 3.05) is 13.3 Å². The minimum Gasteiger partial charge on any atom is -0.333 e. The van der Waals surface area contributed by atoms with Gasteiger partial charge in [-0.05, 0) is 31.2 Å². The Bertz CT molecular complexity index is 690. The Morgan fingerprint density at radius 2 is 1.95 bits per heavy atom. The number of aryl methyl sites for hydroxylation is 1. The predicted octanol–water partition coefficient (Wildman–Crippen LogP) is 2.01. The molecule has 0 radical (unpaired) electrons. The van der Waals surface area contributed by atoms with Gasteiger partial charge in [-0.1, -0.05) is 19.1 Å². The molecule has 0 aliphatic rings. The van der Waals surface area contributed by atoms with Crippen LogP contribution in [-0.4, -0.2) is 31.3 Å². The monoisotopic (exact) mass is 307 g/mol. The van der Waals surface area contributed by atoms with Gasteiger partial charge in [0.25, 0.3) is 0 Å². The Morgan fingerprint density at radius 3 is 2.48 bits per heavy atom. The Morgan fingerprint density at radius 1 is 1.29 bits per heavy atom. The lowest BCUT2D eigenvalue weighted by Gasteiger charge is -2.18. The highest BCUT2D eigenvalue weighted by molar-refractivity contribution is 7.90. The Labute approximate surface area is 125 Å². The summed E-state index contributed by atoms with van der Waals surface area (Å²) >= 11 is 0. The van der Waals surface area contributed by atoms with Gasteiger partial charge in [-0.25, -0.2) is 13.4 Å². The van der Waals surface area contributed by atoms with E-state index in [1.807, 2.05) is 25.4 Å². The van der Waals surface area contributed by atoms with Crippen LogP contribution < -0.4 is 5.32 Å². The van der Waals surface area contributed by atoms with Gasteiger partial charge in [-0.3, -0.25) is 0 Å². The highest BCUT2D eigenvalue weighted by atomic mass is 32.2. The molecule has 2 aromatic rings. The van der Waals surface area contributed by atoms with Crippen LogP contribution in [0.3, 0.4) is 0 Å². The summed E-state index contributed by atoms with van der Waals surface area (Å²) in [6, 6.07) is 6.90. The normalized spacial score (nSPS) is 13.3. The number of nitrogens with zero attached hydrogens (tertiary/aromatic N) is 2. The van der Waals surface area contributed by atoms with E-state index in [9.17, 15) is 8.42 Å². The zero-order chi connectivity index (χ0) is 15.5. The third kappa shape index (κ3) is 3.51. The molecule has 1 aromatic carbocycles. The molecule has 1 atom stereocenters. The quantitative estimate of drug-likeness (QED) is 0.886. The Kier molecular flexibility index (Phi) is 4.80. The molecule has 0 spiro atoms. The summed E-state index contributed by atoms with van der Waals surface area (Å²) < 4.78 is 25.2. The molecule has 0 aliphatic carbocycles. The molecule has 0 amide bonds. The molecule has 6 heteroatoms. The lowest BCUT2D eigenvalue weighted by molar-refractivity contribution is 0.567. The molecule has 1 aromatic heterocycles. The average molecular weight is 307 g/mol. The highest BCUT2D eigenvalue weighted by Gasteiger charge is 2.18. The number of sulfone groups is 1. The van der Waals surface area contributed by atoms with Gasteiger partial charge in [0.2, 0.25) is 0 Å². The van der Waals surface area contributed by atoms with Crippen LogP contribution in [0, 0.1) is 0 Å². The first-order valence-corrected chi connectivity index (χ1v) is 8.84. The number of benzene rings is 1. The van der Waals surface area contributed by atoms with Crippen molar-refractivity contribution in [2.45, 2.75) is 30.8 Å². The summed E-state index contributed by atoms with van der Waals surface area (Å²) in [7, 11) is -1.29. The predicted molar refractivity (Wildman–Crippen MR) is 83.0 cm³/mol. The van der Waals surface area contributed by atoms with Crippen molar-refractivity contribution in [1.82, 2.24) is 14.9 Å². The number of aromatic nitrogens is 2. The van der Waals surface area contributed by atoms with Crippen LogP contribution in [0.25, 0.3) is 0 Å². The van der Waals surface area contributed by atoms with Gasteiger partial charge >= 0.3 is 0 Å². The van der Waals surface area contributed by atoms with E-state index < -0.39 is 9.84 Å². The zero-order valence-electron chi connectivity index (χ0n) is 12.6. The molecule has 1 N–H and O–H groups in total. The van der Waals surface area contributed by atoms with Crippen LogP contribution in [0.1, 0.15) is 30.8 Å². The molecule has 0 saturated heterocycles. The van der Waals surface area contributed by atoms with Crippen LogP contribution in [0.5, 0.6) is 0 Å². The third-order valence-corrected chi connectivity index (χ3v) is 4.53. The maximum absolute atomic E-state index is 11.5. The lowest BCUT2D eigenvalue weighted by Crippen LogP contribution is -2.22. The molecule has 1 heterocycles. The van der Waals surface area contributed by atoms with Crippen molar-refractivity contribution < 1.29 is 8.42 Å². The number of hydrogen-bond donors (Lipinski definition) is 1. The van der Waals surface area contributed by atoms with Gasteiger partial charge in [-0.15, -0.1) is 0 Å². The molecule has 2 rings (SSSR count). The van der Waals surface area contributed by atoms with Crippen LogP contribution >= 0.6 is 0 Å². The van der Waals surface area contributed by atoms with Crippen LogP contribution in [-0.2, 0) is 16.4 Å².